The Balaban J connectivity index is 0.000000765. The van der Waals surface area contributed by atoms with E-state index in [1.807, 2.05) is 4.90 Å². The number of hydrogen-bond acceptors (Lipinski definition) is 10. The first-order valence-electron chi connectivity index (χ1n) is 13.1. The van der Waals surface area contributed by atoms with Gasteiger partial charge in [-0.25, -0.2) is 14.4 Å². The third-order valence-corrected chi connectivity index (χ3v) is 6.71. The van der Waals surface area contributed by atoms with E-state index in [4.69, 9.17) is 24.5 Å². The lowest BCUT2D eigenvalue weighted by molar-refractivity contribution is -0.384. The second-order valence-electron chi connectivity index (χ2n) is 9.52. The molecule has 1 saturated heterocycles. The maximum absolute atomic E-state index is 13.0. The quantitative estimate of drug-likeness (QED) is 0.117. The highest BCUT2D eigenvalue weighted by atomic mass is 16.6. The summed E-state index contributed by atoms with van der Waals surface area (Å²) in [6.45, 7) is 3.99. The number of nitro benzene ring substituents is 1. The van der Waals surface area contributed by atoms with Crippen LogP contribution in [-0.4, -0.2) is 86.2 Å². The van der Waals surface area contributed by atoms with Gasteiger partial charge >= 0.3 is 17.6 Å². The van der Waals surface area contributed by atoms with E-state index in [0.29, 0.717) is 43.2 Å². The Morgan fingerprint density at radius 1 is 0.907 bits per heavy atom. The summed E-state index contributed by atoms with van der Waals surface area (Å²) in [6, 6.07) is 14.2. The number of nitrogens with zero attached hydrogens (tertiary/aromatic N) is 5. The van der Waals surface area contributed by atoms with Gasteiger partial charge in [-0.1, -0.05) is 30.3 Å². The first kappa shape index (κ1) is 32.2. The zero-order valence-corrected chi connectivity index (χ0v) is 23.5. The molecule has 228 valence electrons. The monoisotopic (exact) mass is 597 g/mol. The highest BCUT2D eigenvalue weighted by Crippen LogP contribution is 2.27. The van der Waals surface area contributed by atoms with Gasteiger partial charge in [0.15, 0.2) is 5.78 Å². The van der Waals surface area contributed by atoms with Crippen molar-refractivity contribution < 1.29 is 34.3 Å². The molecule has 0 saturated carbocycles. The number of benzene rings is 2. The molecule has 43 heavy (non-hydrogen) atoms. The first-order valence-corrected chi connectivity index (χ1v) is 13.1. The number of aliphatic carboxylic acids is 2. The SMILES string of the molecule is Cn1c(N2CCN(CCCOc3ccc([N+](=O)[O-])cc3C(=O)c3ccccc3)CC2)cc(=O)n(C)c1=O.O=C(O)C(=O)O. The van der Waals surface area contributed by atoms with Crippen LogP contribution in [0.1, 0.15) is 22.3 Å². The van der Waals surface area contributed by atoms with Gasteiger partial charge in [0.2, 0.25) is 0 Å². The molecule has 2 N–H and O–H groups in total. The van der Waals surface area contributed by atoms with Crippen LogP contribution in [0.5, 0.6) is 5.75 Å². The Hall–Kier alpha value is -5.31. The minimum Gasteiger partial charge on any atom is -0.493 e. The average molecular weight is 598 g/mol. The summed E-state index contributed by atoms with van der Waals surface area (Å²) in [6.07, 6.45) is 0.695. The van der Waals surface area contributed by atoms with E-state index in [0.717, 1.165) is 24.2 Å². The van der Waals surface area contributed by atoms with Crippen LogP contribution >= 0.6 is 0 Å². The number of anilines is 1. The zero-order valence-electron chi connectivity index (χ0n) is 23.5. The second kappa shape index (κ2) is 14.5. The van der Waals surface area contributed by atoms with Gasteiger partial charge in [-0.05, 0) is 12.5 Å². The highest BCUT2D eigenvalue weighted by molar-refractivity contribution is 6.27. The molecule has 15 heteroatoms. The number of piperazine rings is 1. The number of hydrogen-bond donors (Lipinski definition) is 2. The first-order chi connectivity index (χ1) is 20.4. The van der Waals surface area contributed by atoms with E-state index in [-0.39, 0.29) is 28.3 Å². The van der Waals surface area contributed by atoms with Crippen LogP contribution in [0.25, 0.3) is 0 Å². The summed E-state index contributed by atoms with van der Waals surface area (Å²) in [5.74, 6) is -3.05. The fourth-order valence-corrected chi connectivity index (χ4v) is 4.38. The molecule has 1 aromatic heterocycles. The van der Waals surface area contributed by atoms with Gasteiger partial charge in [-0.2, -0.15) is 0 Å². The molecule has 0 spiro atoms. The molecule has 1 aliphatic rings. The second-order valence-corrected chi connectivity index (χ2v) is 9.52. The highest BCUT2D eigenvalue weighted by Gasteiger charge is 2.21. The molecular weight excluding hydrogens is 566 g/mol. The van der Waals surface area contributed by atoms with E-state index in [1.54, 1.807) is 37.4 Å². The number of carboxylic acids is 2. The summed E-state index contributed by atoms with van der Waals surface area (Å²) in [7, 11) is 3.13. The van der Waals surface area contributed by atoms with E-state index < -0.39 is 16.9 Å². The van der Waals surface area contributed by atoms with E-state index in [1.165, 1.54) is 35.9 Å². The minimum absolute atomic E-state index is 0.161. The maximum atomic E-state index is 13.0. The molecule has 0 bridgehead atoms. The van der Waals surface area contributed by atoms with Crippen molar-refractivity contribution >= 4 is 29.2 Å². The van der Waals surface area contributed by atoms with E-state index in [2.05, 4.69) is 4.90 Å². The fourth-order valence-electron chi connectivity index (χ4n) is 4.38. The third-order valence-electron chi connectivity index (χ3n) is 6.71. The van der Waals surface area contributed by atoms with Gasteiger partial charge in [0, 0.05) is 70.6 Å². The van der Waals surface area contributed by atoms with Crippen LogP contribution in [0.4, 0.5) is 11.5 Å². The molecule has 3 aromatic rings. The fraction of sp³-hybridized carbons (Fsp3) is 0.321. The molecule has 1 fully saturated rings. The van der Waals surface area contributed by atoms with Crippen molar-refractivity contribution in [3.63, 3.8) is 0 Å². The van der Waals surface area contributed by atoms with Gasteiger partial charge in [-0.15, -0.1) is 0 Å². The van der Waals surface area contributed by atoms with Crippen LogP contribution in [-0.2, 0) is 23.7 Å². The van der Waals surface area contributed by atoms with Crippen LogP contribution in [0.15, 0.2) is 64.2 Å². The molecule has 0 aliphatic carbocycles. The number of rotatable bonds is 9. The molecule has 4 rings (SSSR count). The molecule has 0 radical (unpaired) electrons. The minimum atomic E-state index is -1.82. The molecule has 15 nitrogen and oxygen atoms in total. The van der Waals surface area contributed by atoms with Crippen molar-refractivity contribution in [3.05, 3.63) is 96.7 Å². The molecule has 1 aliphatic heterocycles. The summed E-state index contributed by atoms with van der Waals surface area (Å²) in [5, 5.41) is 26.0. The number of carboxylic acid groups (broad SMARTS) is 2. The normalized spacial score (nSPS) is 13.0. The molecule has 0 unspecified atom stereocenters. The number of nitro groups is 1. The van der Waals surface area contributed by atoms with Crippen molar-refractivity contribution in [2.45, 2.75) is 6.42 Å². The number of ketones is 1. The van der Waals surface area contributed by atoms with Crippen molar-refractivity contribution in [1.82, 2.24) is 14.0 Å². The molecule has 2 aromatic carbocycles. The zero-order chi connectivity index (χ0) is 31.7. The van der Waals surface area contributed by atoms with Crippen molar-refractivity contribution in [1.29, 1.82) is 0 Å². The van der Waals surface area contributed by atoms with E-state index >= 15 is 0 Å². The van der Waals surface area contributed by atoms with Crippen LogP contribution in [0, 0.1) is 10.1 Å². The number of non-ortho nitro benzene ring substituents is 1. The van der Waals surface area contributed by atoms with Gasteiger partial charge in [0.05, 0.1) is 17.1 Å². The summed E-state index contributed by atoms with van der Waals surface area (Å²) < 4.78 is 8.47. The van der Waals surface area contributed by atoms with Gasteiger partial charge in [-0.3, -0.25) is 33.7 Å². The summed E-state index contributed by atoms with van der Waals surface area (Å²) in [5.41, 5.74) is -0.251. The predicted molar refractivity (Wildman–Crippen MR) is 154 cm³/mol. The van der Waals surface area contributed by atoms with Crippen LogP contribution in [0.2, 0.25) is 0 Å². The lowest BCUT2D eigenvalue weighted by Crippen LogP contribution is -2.49. The van der Waals surface area contributed by atoms with Crippen molar-refractivity contribution in [2.24, 2.45) is 14.1 Å². The van der Waals surface area contributed by atoms with Crippen LogP contribution < -0.4 is 20.9 Å². The smallest absolute Gasteiger partial charge is 0.414 e. The van der Waals surface area contributed by atoms with Crippen molar-refractivity contribution in [3.8, 4) is 5.75 Å². The number of carbonyl (C=O) groups is 3. The standard InChI is InChI=1S/C26H29N5O6.C2H2O4/c1-27-23(18-24(32)28(2)26(27)34)30-14-12-29(13-15-30)11-6-16-37-22-10-9-20(31(35)36)17-21(22)25(33)19-7-4-3-5-8-19;3-1(4)2(5)6/h3-5,7-10,17-18H,6,11-16H2,1-2H3;(H,3,4)(H,5,6). The number of carbonyl (C=O) groups excluding carboxylic acids is 1. The van der Waals surface area contributed by atoms with Crippen LogP contribution in [0.3, 0.4) is 0 Å². The Labute approximate surface area is 244 Å². The van der Waals surface area contributed by atoms with E-state index in [9.17, 15) is 24.5 Å². The Morgan fingerprint density at radius 2 is 1.53 bits per heavy atom. The predicted octanol–water partition coefficient (Wildman–Crippen LogP) is 0.970. The third kappa shape index (κ3) is 8.36. The molecule has 0 atom stereocenters. The molecule has 0 amide bonds. The number of ether oxygens (including phenoxy) is 1. The molecule has 2 heterocycles. The van der Waals surface area contributed by atoms with Gasteiger partial charge in [0.1, 0.15) is 11.6 Å². The topological polar surface area (TPSA) is 195 Å². The maximum Gasteiger partial charge on any atom is 0.414 e. The van der Waals surface area contributed by atoms with Gasteiger partial charge in [0.25, 0.3) is 11.2 Å². The van der Waals surface area contributed by atoms with Gasteiger partial charge < -0.3 is 19.8 Å². The Kier molecular flexibility index (Phi) is 10.9. The average Bonchev–Trinajstić information content (AvgIpc) is 3.00. The Bertz CT molecular complexity index is 1600. The lowest BCUT2D eigenvalue weighted by atomic mass is 10.0. The van der Waals surface area contributed by atoms with Crippen molar-refractivity contribution in [2.75, 3.05) is 44.2 Å². The number of aromatic nitrogens is 2. The Morgan fingerprint density at radius 3 is 2.12 bits per heavy atom. The molecular formula is C28H31N5O10. The lowest BCUT2D eigenvalue weighted by Gasteiger charge is -2.36. The largest absolute Gasteiger partial charge is 0.493 e. The summed E-state index contributed by atoms with van der Waals surface area (Å²) in [4.78, 5) is 70.5. The summed E-state index contributed by atoms with van der Waals surface area (Å²) >= 11 is 0.